The van der Waals surface area contributed by atoms with Gasteiger partial charge in [0.2, 0.25) is 0 Å². The molecule has 0 amide bonds. The van der Waals surface area contributed by atoms with Crippen molar-refractivity contribution >= 4 is 40.1 Å². The first-order valence-corrected chi connectivity index (χ1v) is 23.8. The van der Waals surface area contributed by atoms with Crippen molar-refractivity contribution in [2.75, 3.05) is 9.80 Å². The zero-order chi connectivity index (χ0) is 45.8. The van der Waals surface area contributed by atoms with E-state index in [2.05, 4.69) is 233 Å². The number of fused-ring (bicyclic) bond motifs is 7. The minimum Gasteiger partial charge on any atom is -0.344 e. The van der Waals surface area contributed by atoms with Gasteiger partial charge in [-0.3, -0.25) is 0 Å². The van der Waals surface area contributed by atoms with E-state index in [1.165, 1.54) is 38.9 Å². The van der Waals surface area contributed by atoms with Gasteiger partial charge in [0.25, 0.3) is 0 Å². The number of para-hydroxylation sites is 3. The van der Waals surface area contributed by atoms with Crippen LogP contribution in [0.1, 0.15) is 105 Å². The number of nitrogens with zero attached hydrogens (tertiary/aromatic N) is 5. The third-order valence-electron chi connectivity index (χ3n) is 15.7. The Hall–Kier alpha value is -7.49. The normalized spacial score (nSPS) is 21.8. The van der Waals surface area contributed by atoms with Crippen molar-refractivity contribution in [2.45, 2.75) is 82.8 Å². The first-order valence-electron chi connectivity index (χ1n) is 23.8. The van der Waals surface area contributed by atoms with Crippen LogP contribution in [-0.2, 0) is 16.2 Å². The fourth-order valence-corrected chi connectivity index (χ4v) is 12.2. The van der Waals surface area contributed by atoms with Crippen LogP contribution in [0.25, 0.3) is 11.1 Å². The summed E-state index contributed by atoms with van der Waals surface area (Å²) in [6, 6.07) is 49.0. The van der Waals surface area contributed by atoms with Gasteiger partial charge in [0.05, 0.1) is 34.4 Å². The van der Waals surface area contributed by atoms with Crippen molar-refractivity contribution in [2.24, 2.45) is 15.9 Å². The Labute approximate surface area is 394 Å². The van der Waals surface area contributed by atoms with Crippen molar-refractivity contribution < 1.29 is 0 Å². The van der Waals surface area contributed by atoms with Gasteiger partial charge in [-0.2, -0.15) is 5.26 Å². The summed E-state index contributed by atoms with van der Waals surface area (Å²) in [6.45, 7) is 14.0. The molecule has 3 heterocycles. The molecule has 0 saturated carbocycles. The Morgan fingerprint density at radius 2 is 1.27 bits per heavy atom. The molecule has 1 N–H and O–H groups in total. The Kier molecular flexibility index (Phi) is 9.19. The molecule has 0 saturated heterocycles. The van der Waals surface area contributed by atoms with Gasteiger partial charge in [-0.05, 0) is 82.1 Å². The highest BCUT2D eigenvalue weighted by Crippen LogP contribution is 2.56. The third-order valence-corrected chi connectivity index (χ3v) is 15.7. The number of nitrogens with one attached hydrogen (secondary N) is 1. The summed E-state index contributed by atoms with van der Waals surface area (Å²) in [5.74, 6) is 1.53. The zero-order valence-electron chi connectivity index (χ0n) is 39.0. The maximum absolute atomic E-state index is 11.5. The van der Waals surface area contributed by atoms with Gasteiger partial charge in [-0.25, -0.2) is 9.98 Å². The van der Waals surface area contributed by atoms with E-state index in [4.69, 9.17) is 9.98 Å². The van der Waals surface area contributed by atoms with Gasteiger partial charge >= 0.3 is 0 Å². The summed E-state index contributed by atoms with van der Waals surface area (Å²) < 4.78 is 0. The molecule has 0 aromatic heterocycles. The van der Waals surface area contributed by atoms with E-state index in [1.54, 1.807) is 0 Å². The van der Waals surface area contributed by atoms with Crippen molar-refractivity contribution in [3.8, 4) is 17.2 Å². The lowest BCUT2D eigenvalue weighted by molar-refractivity contribution is 0.332. The summed E-state index contributed by atoms with van der Waals surface area (Å²) in [6.07, 6.45) is 17.1. The monoisotopic (exact) mass is 870 g/mol. The van der Waals surface area contributed by atoms with Crippen LogP contribution < -0.4 is 15.1 Å². The summed E-state index contributed by atoms with van der Waals surface area (Å²) in [5.41, 5.74) is 16.8. The van der Waals surface area contributed by atoms with E-state index < -0.39 is 6.17 Å². The molecule has 3 aliphatic carbocycles. The smallest absolute Gasteiger partial charge is 0.159 e. The Morgan fingerprint density at radius 3 is 1.99 bits per heavy atom. The summed E-state index contributed by atoms with van der Waals surface area (Å²) in [7, 11) is 0. The first-order chi connectivity index (χ1) is 32.5. The minimum atomic E-state index is -0.468. The van der Waals surface area contributed by atoms with Crippen LogP contribution in [0.2, 0.25) is 0 Å². The van der Waals surface area contributed by atoms with Gasteiger partial charge in [-0.15, -0.1) is 0 Å². The van der Waals surface area contributed by atoms with Crippen molar-refractivity contribution in [1.29, 1.82) is 5.26 Å². The van der Waals surface area contributed by atoms with Gasteiger partial charge in [0, 0.05) is 44.6 Å². The SMILES string of the molecule is CC1(C)c2ccccc2N(c2cc(N3c4ccccc4C(C)(C)C4C=CC=CC43)c(C#N)cc2C2=NC(C3=CCCC=C3)=NC(c3cccc4c3-c3ccccc3C4(C)C)N2)c2ccccc21. The number of anilines is 5. The number of rotatable bonds is 5. The highest BCUT2D eigenvalue weighted by molar-refractivity contribution is 6.17. The lowest BCUT2D eigenvalue weighted by Gasteiger charge is -2.51. The third kappa shape index (κ3) is 6.07. The summed E-state index contributed by atoms with van der Waals surface area (Å²) in [4.78, 5) is 15.9. The largest absolute Gasteiger partial charge is 0.344 e. The molecule has 3 unspecified atom stereocenters. The second kappa shape index (κ2) is 15.0. The molecule has 6 nitrogen and oxygen atoms in total. The summed E-state index contributed by atoms with van der Waals surface area (Å²) >= 11 is 0. The first kappa shape index (κ1) is 41.0. The molecule has 6 aromatic rings. The van der Waals surface area contributed by atoms with E-state index in [0.29, 0.717) is 17.2 Å². The molecule has 6 aliphatic rings. The van der Waals surface area contributed by atoms with Crippen LogP contribution in [0.5, 0.6) is 0 Å². The predicted molar refractivity (Wildman–Crippen MR) is 275 cm³/mol. The van der Waals surface area contributed by atoms with Crippen LogP contribution in [0.15, 0.2) is 185 Å². The predicted octanol–water partition coefficient (Wildman–Crippen LogP) is 14.2. The minimum absolute atomic E-state index is 0.0221. The van der Waals surface area contributed by atoms with Crippen LogP contribution in [0.4, 0.5) is 28.4 Å². The maximum Gasteiger partial charge on any atom is 0.159 e. The number of benzene rings is 6. The molecule has 328 valence electrons. The highest BCUT2D eigenvalue weighted by atomic mass is 15.2. The van der Waals surface area contributed by atoms with E-state index in [1.807, 2.05) is 0 Å². The molecule has 3 atom stereocenters. The number of amidine groups is 2. The lowest BCUT2D eigenvalue weighted by atomic mass is 9.65. The average Bonchev–Trinajstić information content (AvgIpc) is 3.60. The molecule has 0 radical (unpaired) electrons. The van der Waals surface area contributed by atoms with Gasteiger partial charge < -0.3 is 15.1 Å². The molecule has 0 fully saturated rings. The number of allylic oxidation sites excluding steroid dienone is 4. The molecule has 12 rings (SSSR count). The summed E-state index contributed by atoms with van der Waals surface area (Å²) in [5, 5.41) is 15.5. The van der Waals surface area contributed by atoms with Crippen molar-refractivity contribution in [3.63, 3.8) is 0 Å². The van der Waals surface area contributed by atoms with Gasteiger partial charge in [0.15, 0.2) is 5.84 Å². The van der Waals surface area contributed by atoms with Crippen LogP contribution in [0, 0.1) is 17.2 Å². The molecule has 3 aliphatic heterocycles. The Morgan fingerprint density at radius 1 is 0.627 bits per heavy atom. The van der Waals surface area contributed by atoms with Crippen molar-refractivity contribution in [3.05, 3.63) is 220 Å². The highest BCUT2D eigenvalue weighted by Gasteiger charge is 2.46. The average molecular weight is 871 g/mol. The second-order valence-corrected chi connectivity index (χ2v) is 20.4. The number of aliphatic imine (C=N–C) groups is 2. The Bertz CT molecular complexity index is 3260. The molecule has 0 spiro atoms. The fraction of sp³-hybridized carbons (Fsp3) is 0.230. The van der Waals surface area contributed by atoms with Crippen LogP contribution in [-0.4, -0.2) is 17.7 Å². The standard InChI is InChI=1S/C61H54N6/c1-59(2)43-25-11-10-23-40(43)55-41(24-20-30-48(55)59)57-63-56(38-21-8-7-9-22-38)64-58(65-57)42-35-39(37-62)53(66-49-31-16-12-26-44(49)60(3,4)45-27-13-17-32-50(45)66)36-54(42)67-51-33-18-14-28-46(51)61(5,6)47-29-15-19-34-52(47)67/h8,10-36,44,49,57H,7,9H2,1-6H3,(H,63,64,65). The quantitative estimate of drug-likeness (QED) is 0.187. The number of hydrogen-bond donors (Lipinski definition) is 1. The van der Waals surface area contributed by atoms with Gasteiger partial charge in [0.1, 0.15) is 18.1 Å². The van der Waals surface area contributed by atoms with Crippen molar-refractivity contribution in [1.82, 2.24) is 5.32 Å². The molecule has 6 heteroatoms. The van der Waals surface area contributed by atoms with Crippen LogP contribution >= 0.6 is 0 Å². The van der Waals surface area contributed by atoms with E-state index in [0.717, 1.165) is 58.0 Å². The second-order valence-electron chi connectivity index (χ2n) is 20.4. The van der Waals surface area contributed by atoms with E-state index >= 15 is 0 Å². The number of nitriles is 1. The molecule has 67 heavy (non-hydrogen) atoms. The zero-order valence-corrected chi connectivity index (χ0v) is 39.0. The molecular weight excluding hydrogens is 817 g/mol. The molecule has 0 bridgehead atoms. The maximum atomic E-state index is 11.5. The lowest BCUT2D eigenvalue weighted by Crippen LogP contribution is -2.50. The van der Waals surface area contributed by atoms with Crippen LogP contribution in [0.3, 0.4) is 0 Å². The van der Waals surface area contributed by atoms with E-state index in [9.17, 15) is 5.26 Å². The Balaban J connectivity index is 1.13. The fourth-order valence-electron chi connectivity index (χ4n) is 12.2. The number of hydrogen-bond acceptors (Lipinski definition) is 6. The van der Waals surface area contributed by atoms with E-state index in [-0.39, 0.29) is 28.2 Å². The molecule has 6 aromatic carbocycles. The van der Waals surface area contributed by atoms with Gasteiger partial charge in [-0.1, -0.05) is 181 Å². The molecular formula is C61H54N6. The topological polar surface area (TPSA) is 67.0 Å².